The van der Waals surface area contributed by atoms with Crippen molar-refractivity contribution >= 4 is 11.9 Å². The van der Waals surface area contributed by atoms with Crippen LogP contribution in [0.1, 0.15) is 61.3 Å². The molecule has 0 bridgehead atoms. The molecule has 0 fully saturated rings. The lowest BCUT2D eigenvalue weighted by molar-refractivity contribution is -0.142. The fourth-order valence-corrected chi connectivity index (χ4v) is 3.21. The molecule has 36 heavy (non-hydrogen) atoms. The molecule has 2 rings (SSSR count). The fourth-order valence-electron chi connectivity index (χ4n) is 3.21. The third-order valence-corrected chi connectivity index (χ3v) is 5.34. The minimum atomic E-state index is -4.30. The first-order valence-electron chi connectivity index (χ1n) is 11.3. The van der Waals surface area contributed by atoms with Crippen LogP contribution in [0.3, 0.4) is 0 Å². The van der Waals surface area contributed by atoms with E-state index in [-0.39, 0.29) is 18.3 Å². The van der Waals surface area contributed by atoms with Crippen LogP contribution in [-0.4, -0.2) is 24.2 Å². The number of ether oxygens (including phenoxy) is 1. The quantitative estimate of drug-likeness (QED) is 0.202. The molecule has 1 unspecified atom stereocenters. The van der Waals surface area contributed by atoms with Gasteiger partial charge in [0.2, 0.25) is 0 Å². The van der Waals surface area contributed by atoms with E-state index >= 15 is 0 Å². The first-order chi connectivity index (χ1) is 16.7. The molecule has 2 aromatic rings. The molecule has 0 spiro atoms. The SMILES string of the molecule is COC(=O)CC(C)CCc1ccc(C(F)(F)F)cc1.O=C(O)CCCCc1ccc(C(F)(F)F)cc1. The lowest BCUT2D eigenvalue weighted by Crippen LogP contribution is -2.08. The number of carbonyl (C=O) groups excluding carboxylic acids is 1. The van der Waals surface area contributed by atoms with Gasteiger partial charge in [0.25, 0.3) is 0 Å². The van der Waals surface area contributed by atoms with E-state index in [1.165, 1.54) is 31.4 Å². The number of carboxylic acid groups (broad SMARTS) is 1. The number of halogens is 6. The molecule has 2 aromatic carbocycles. The molecule has 0 radical (unpaired) electrons. The Morgan fingerprint density at radius 1 is 0.806 bits per heavy atom. The number of carbonyl (C=O) groups is 2. The van der Waals surface area contributed by atoms with Gasteiger partial charge in [-0.3, -0.25) is 9.59 Å². The highest BCUT2D eigenvalue weighted by Crippen LogP contribution is 2.30. The second-order valence-corrected chi connectivity index (χ2v) is 8.41. The van der Waals surface area contributed by atoms with Gasteiger partial charge in [0.05, 0.1) is 18.2 Å². The number of benzene rings is 2. The largest absolute Gasteiger partial charge is 0.481 e. The first-order valence-corrected chi connectivity index (χ1v) is 11.3. The Labute approximate surface area is 206 Å². The van der Waals surface area contributed by atoms with E-state index in [1.54, 1.807) is 0 Å². The van der Waals surface area contributed by atoms with Crippen LogP contribution < -0.4 is 0 Å². The van der Waals surface area contributed by atoms with Crippen molar-refractivity contribution in [3.05, 3.63) is 70.8 Å². The van der Waals surface area contributed by atoms with E-state index in [0.717, 1.165) is 41.8 Å². The maximum absolute atomic E-state index is 12.4. The summed E-state index contributed by atoms with van der Waals surface area (Å²) < 4.78 is 78.4. The summed E-state index contributed by atoms with van der Waals surface area (Å²) in [5, 5.41) is 8.41. The van der Waals surface area contributed by atoms with Gasteiger partial charge in [-0.25, -0.2) is 0 Å². The number of rotatable bonds is 10. The molecule has 4 nitrogen and oxygen atoms in total. The number of alkyl halides is 6. The topological polar surface area (TPSA) is 63.6 Å². The van der Waals surface area contributed by atoms with Crippen molar-refractivity contribution in [1.29, 1.82) is 0 Å². The Hall–Kier alpha value is -3.04. The summed E-state index contributed by atoms with van der Waals surface area (Å²) in [4.78, 5) is 21.3. The Bertz CT molecular complexity index is 935. The smallest absolute Gasteiger partial charge is 0.416 e. The highest BCUT2D eigenvalue weighted by Gasteiger charge is 2.30. The van der Waals surface area contributed by atoms with E-state index in [9.17, 15) is 35.9 Å². The predicted octanol–water partition coefficient (Wildman–Crippen LogP) is 7.34. The van der Waals surface area contributed by atoms with Gasteiger partial charge >= 0.3 is 24.3 Å². The monoisotopic (exact) mass is 520 g/mol. The third-order valence-electron chi connectivity index (χ3n) is 5.34. The Kier molecular flexibility index (Phi) is 12.5. The molecule has 10 heteroatoms. The van der Waals surface area contributed by atoms with Gasteiger partial charge in [0.15, 0.2) is 0 Å². The Morgan fingerprint density at radius 2 is 1.25 bits per heavy atom. The van der Waals surface area contributed by atoms with Crippen molar-refractivity contribution in [2.24, 2.45) is 5.92 Å². The number of hydrogen-bond acceptors (Lipinski definition) is 3. The second-order valence-electron chi connectivity index (χ2n) is 8.41. The summed E-state index contributed by atoms with van der Waals surface area (Å²) in [6, 6.07) is 10.1. The fraction of sp³-hybridized carbons (Fsp3) is 0.462. The van der Waals surface area contributed by atoms with E-state index in [0.29, 0.717) is 32.1 Å². The summed E-state index contributed by atoms with van der Waals surface area (Å²) in [6.45, 7) is 1.92. The van der Waals surface area contributed by atoms with Crippen molar-refractivity contribution in [3.8, 4) is 0 Å². The molecular weight excluding hydrogens is 490 g/mol. The van der Waals surface area contributed by atoms with Gasteiger partial charge in [-0.2, -0.15) is 26.3 Å². The van der Waals surface area contributed by atoms with E-state index in [2.05, 4.69) is 4.74 Å². The van der Waals surface area contributed by atoms with Crippen molar-refractivity contribution in [2.75, 3.05) is 7.11 Å². The van der Waals surface area contributed by atoms with Crippen molar-refractivity contribution in [2.45, 2.75) is 64.2 Å². The third kappa shape index (κ3) is 12.6. The molecule has 0 aromatic heterocycles. The van der Waals surface area contributed by atoms with Crippen molar-refractivity contribution < 1.29 is 45.8 Å². The standard InChI is InChI=1S/C14H17F3O2.C12H13F3O2/c1-10(9-13(18)19-2)3-4-11-5-7-12(8-6-11)14(15,16)17;13-12(14,15)10-7-5-9(6-8-10)3-1-2-4-11(16)17/h5-8,10H,3-4,9H2,1-2H3;5-8H,1-4H2,(H,16,17). The maximum Gasteiger partial charge on any atom is 0.416 e. The number of aliphatic carboxylic acids is 1. The van der Waals surface area contributed by atoms with Crippen LogP contribution in [0.5, 0.6) is 0 Å². The molecule has 0 amide bonds. The van der Waals surface area contributed by atoms with Gasteiger partial charge in [-0.05, 0) is 73.4 Å². The molecule has 0 aliphatic heterocycles. The second kappa shape index (κ2) is 14.5. The molecule has 0 aliphatic rings. The molecule has 1 N–H and O–H groups in total. The zero-order chi connectivity index (χ0) is 27.4. The minimum Gasteiger partial charge on any atom is -0.481 e. The summed E-state index contributed by atoms with van der Waals surface area (Å²) in [7, 11) is 1.34. The van der Waals surface area contributed by atoms with Gasteiger partial charge in [0.1, 0.15) is 0 Å². The van der Waals surface area contributed by atoms with Crippen molar-refractivity contribution in [1.82, 2.24) is 0 Å². The minimum absolute atomic E-state index is 0.0979. The van der Waals surface area contributed by atoms with Gasteiger partial charge in [-0.15, -0.1) is 0 Å². The molecule has 0 aliphatic carbocycles. The molecule has 0 saturated heterocycles. The molecule has 0 heterocycles. The van der Waals surface area contributed by atoms with Gasteiger partial charge in [-0.1, -0.05) is 31.2 Å². The van der Waals surface area contributed by atoms with E-state index in [1.807, 2.05) is 6.92 Å². The highest BCUT2D eigenvalue weighted by atomic mass is 19.4. The predicted molar refractivity (Wildman–Crippen MR) is 122 cm³/mol. The number of hydrogen-bond donors (Lipinski definition) is 1. The number of aryl methyl sites for hydroxylation is 2. The maximum atomic E-state index is 12.4. The molecule has 0 saturated carbocycles. The van der Waals surface area contributed by atoms with Crippen molar-refractivity contribution in [3.63, 3.8) is 0 Å². The lowest BCUT2D eigenvalue weighted by atomic mass is 9.98. The van der Waals surface area contributed by atoms with Crippen LogP contribution in [0.15, 0.2) is 48.5 Å². The Morgan fingerprint density at radius 3 is 1.64 bits per heavy atom. The summed E-state index contributed by atoms with van der Waals surface area (Å²) in [5.74, 6) is -0.966. The van der Waals surface area contributed by atoms with Crippen LogP contribution in [0.25, 0.3) is 0 Å². The first kappa shape index (κ1) is 31.0. The van der Waals surface area contributed by atoms with Crippen LogP contribution in [0.4, 0.5) is 26.3 Å². The number of esters is 1. The van der Waals surface area contributed by atoms with Crippen LogP contribution in [-0.2, 0) is 39.5 Å². The van der Waals surface area contributed by atoms with Crippen LogP contribution >= 0.6 is 0 Å². The lowest BCUT2D eigenvalue weighted by Gasteiger charge is -2.11. The Balaban J connectivity index is 0.000000362. The van der Waals surface area contributed by atoms with Crippen LogP contribution in [0.2, 0.25) is 0 Å². The molecule has 1 atom stereocenters. The van der Waals surface area contributed by atoms with Gasteiger partial charge in [0, 0.05) is 12.8 Å². The molecular formula is C26H30F6O4. The zero-order valence-electron chi connectivity index (χ0n) is 20.1. The van der Waals surface area contributed by atoms with Crippen LogP contribution in [0, 0.1) is 5.92 Å². The molecule has 200 valence electrons. The van der Waals surface area contributed by atoms with Gasteiger partial charge < -0.3 is 9.84 Å². The highest BCUT2D eigenvalue weighted by molar-refractivity contribution is 5.69. The number of carboxylic acids is 1. The normalized spacial score (nSPS) is 12.3. The average molecular weight is 521 g/mol. The van der Waals surface area contributed by atoms with E-state index < -0.39 is 29.4 Å². The number of methoxy groups -OCH3 is 1. The summed E-state index contributed by atoms with van der Waals surface area (Å²) in [6.07, 6.45) is -4.98. The van der Waals surface area contributed by atoms with E-state index in [4.69, 9.17) is 5.11 Å². The number of unbranched alkanes of at least 4 members (excludes halogenated alkanes) is 1. The summed E-state index contributed by atoms with van der Waals surface area (Å²) in [5.41, 5.74) is 0.332. The summed E-state index contributed by atoms with van der Waals surface area (Å²) >= 11 is 0. The zero-order valence-corrected chi connectivity index (χ0v) is 20.1. The average Bonchev–Trinajstić information content (AvgIpc) is 2.80.